The van der Waals surface area contributed by atoms with Gasteiger partial charge in [0.15, 0.2) is 0 Å². The molecule has 0 aromatic rings. The van der Waals surface area contributed by atoms with Crippen molar-refractivity contribution in [2.75, 3.05) is 13.1 Å². The summed E-state index contributed by atoms with van der Waals surface area (Å²) in [6.07, 6.45) is 14.8. The van der Waals surface area contributed by atoms with Gasteiger partial charge in [0.1, 0.15) is 0 Å². The predicted octanol–water partition coefficient (Wildman–Crippen LogP) is 4.80. The number of hydrogen-bond acceptors (Lipinski definition) is 2. The first-order valence-corrected chi connectivity index (χ1v) is 10.2. The van der Waals surface area contributed by atoms with E-state index in [9.17, 15) is 9.59 Å². The zero-order valence-electron chi connectivity index (χ0n) is 16.2. The van der Waals surface area contributed by atoms with Crippen molar-refractivity contribution in [2.45, 2.75) is 104 Å². The first kappa shape index (κ1) is 22.9. The van der Waals surface area contributed by atoms with Crippen molar-refractivity contribution in [3.05, 3.63) is 0 Å². The van der Waals surface area contributed by atoms with Crippen LogP contribution < -0.4 is 5.73 Å². The third kappa shape index (κ3) is 14.5. The Morgan fingerprint density at radius 1 is 0.667 bits per heavy atom. The van der Waals surface area contributed by atoms with Crippen LogP contribution in [0, 0.1) is 0 Å². The molecular weight excluding hydrogens is 300 g/mol. The summed E-state index contributed by atoms with van der Waals surface area (Å²) < 4.78 is 0. The number of carbonyl (C=O) groups is 2. The van der Waals surface area contributed by atoms with Crippen LogP contribution in [0.4, 0.5) is 0 Å². The maximum Gasteiger partial charge on any atom is 0.222 e. The summed E-state index contributed by atoms with van der Waals surface area (Å²) in [6, 6.07) is 0. The van der Waals surface area contributed by atoms with Crippen LogP contribution in [-0.2, 0) is 9.59 Å². The molecule has 0 spiro atoms. The average molecular weight is 341 g/mol. The van der Waals surface area contributed by atoms with E-state index >= 15 is 0 Å². The van der Waals surface area contributed by atoms with Crippen molar-refractivity contribution in [3.63, 3.8) is 0 Å². The Labute approximate surface area is 149 Å². The lowest BCUT2D eigenvalue weighted by Gasteiger charge is -2.23. The van der Waals surface area contributed by atoms with E-state index in [4.69, 9.17) is 5.73 Å². The number of hydrogen-bond donors (Lipinski definition) is 1. The number of unbranched alkanes of at least 4 members (excludes halogenated alkanes) is 9. The van der Waals surface area contributed by atoms with Crippen LogP contribution in [0.5, 0.6) is 0 Å². The van der Waals surface area contributed by atoms with E-state index in [0.717, 1.165) is 38.8 Å². The minimum absolute atomic E-state index is 0.248. The second kappa shape index (κ2) is 16.8. The molecule has 0 rings (SSSR count). The highest BCUT2D eigenvalue weighted by Gasteiger charge is 2.12. The molecule has 142 valence electrons. The average Bonchev–Trinajstić information content (AvgIpc) is 2.55. The molecule has 0 aliphatic heterocycles. The summed E-state index contributed by atoms with van der Waals surface area (Å²) in [5.74, 6) is 0.0423. The molecule has 2 amide bonds. The van der Waals surface area contributed by atoms with Crippen LogP contribution in [0.1, 0.15) is 104 Å². The Morgan fingerprint density at radius 2 is 1.12 bits per heavy atom. The molecule has 0 aromatic carbocycles. The van der Waals surface area contributed by atoms with Gasteiger partial charge in [0.05, 0.1) is 0 Å². The highest BCUT2D eigenvalue weighted by atomic mass is 16.2. The fraction of sp³-hybridized carbons (Fsp3) is 0.900. The highest BCUT2D eigenvalue weighted by molar-refractivity contribution is 5.76. The Hall–Kier alpha value is -1.06. The number of nitrogens with zero attached hydrogens (tertiary/aromatic N) is 1. The second-order valence-electron chi connectivity index (χ2n) is 6.88. The molecule has 0 atom stereocenters. The van der Waals surface area contributed by atoms with Crippen LogP contribution >= 0.6 is 0 Å². The minimum Gasteiger partial charge on any atom is -0.370 e. The van der Waals surface area contributed by atoms with Gasteiger partial charge < -0.3 is 10.6 Å². The van der Waals surface area contributed by atoms with Gasteiger partial charge in [0, 0.05) is 25.9 Å². The van der Waals surface area contributed by atoms with E-state index in [1.54, 1.807) is 0 Å². The smallest absolute Gasteiger partial charge is 0.222 e. The molecule has 4 heteroatoms. The van der Waals surface area contributed by atoms with E-state index in [1.807, 2.05) is 4.90 Å². The molecule has 0 fully saturated rings. The summed E-state index contributed by atoms with van der Waals surface area (Å²) in [5.41, 5.74) is 5.17. The van der Waals surface area contributed by atoms with Crippen LogP contribution in [0.25, 0.3) is 0 Å². The van der Waals surface area contributed by atoms with Gasteiger partial charge in [0.25, 0.3) is 0 Å². The SMILES string of the molecule is CCCCCCCCCC(=O)N(CCCCC)CCCCC(N)=O. The van der Waals surface area contributed by atoms with Gasteiger partial charge in [-0.3, -0.25) is 9.59 Å². The lowest BCUT2D eigenvalue weighted by molar-refractivity contribution is -0.131. The first-order chi connectivity index (χ1) is 11.6. The standard InChI is InChI=1S/C20H40N2O2/c1-3-5-7-8-9-10-11-16-20(24)22(17-13-6-4-2)18-14-12-15-19(21)23/h3-18H2,1-2H3,(H2,21,23). The molecule has 0 aliphatic carbocycles. The van der Waals surface area contributed by atoms with Gasteiger partial charge >= 0.3 is 0 Å². The molecular formula is C20H40N2O2. The van der Waals surface area contributed by atoms with Crippen LogP contribution in [-0.4, -0.2) is 29.8 Å². The molecule has 2 N–H and O–H groups in total. The molecule has 4 nitrogen and oxygen atoms in total. The monoisotopic (exact) mass is 340 g/mol. The third-order valence-corrected chi connectivity index (χ3v) is 4.48. The van der Waals surface area contributed by atoms with Crippen LogP contribution in [0.3, 0.4) is 0 Å². The number of carbonyl (C=O) groups excluding carboxylic acids is 2. The Kier molecular flexibility index (Phi) is 16.0. The zero-order valence-corrected chi connectivity index (χ0v) is 16.2. The van der Waals surface area contributed by atoms with E-state index in [1.165, 1.54) is 51.4 Å². The summed E-state index contributed by atoms with van der Waals surface area (Å²) in [7, 11) is 0. The quantitative estimate of drug-likeness (QED) is 0.386. The summed E-state index contributed by atoms with van der Waals surface area (Å²) >= 11 is 0. The molecule has 0 aliphatic rings. The van der Waals surface area contributed by atoms with Gasteiger partial charge in [-0.05, 0) is 25.7 Å². The van der Waals surface area contributed by atoms with Crippen LogP contribution in [0.15, 0.2) is 0 Å². The number of nitrogens with two attached hydrogens (primary N) is 1. The number of rotatable bonds is 17. The fourth-order valence-corrected chi connectivity index (χ4v) is 2.91. The Morgan fingerprint density at radius 3 is 1.71 bits per heavy atom. The Balaban J connectivity index is 3.95. The van der Waals surface area contributed by atoms with Gasteiger partial charge in [-0.15, -0.1) is 0 Å². The molecule has 0 heterocycles. The van der Waals surface area contributed by atoms with Crippen molar-refractivity contribution in [3.8, 4) is 0 Å². The molecule has 0 unspecified atom stereocenters. The molecule has 0 radical (unpaired) electrons. The molecule has 0 bridgehead atoms. The van der Waals surface area contributed by atoms with E-state index in [0.29, 0.717) is 18.7 Å². The largest absolute Gasteiger partial charge is 0.370 e. The molecule has 0 saturated carbocycles. The van der Waals surface area contributed by atoms with E-state index in [2.05, 4.69) is 13.8 Å². The van der Waals surface area contributed by atoms with Gasteiger partial charge in [-0.1, -0.05) is 65.2 Å². The van der Waals surface area contributed by atoms with Gasteiger partial charge in [0.2, 0.25) is 11.8 Å². The molecule has 0 saturated heterocycles. The van der Waals surface area contributed by atoms with E-state index in [-0.39, 0.29) is 5.91 Å². The molecule has 24 heavy (non-hydrogen) atoms. The number of amides is 2. The normalized spacial score (nSPS) is 10.8. The first-order valence-electron chi connectivity index (χ1n) is 10.2. The fourth-order valence-electron chi connectivity index (χ4n) is 2.91. The topological polar surface area (TPSA) is 63.4 Å². The molecule has 0 aromatic heterocycles. The van der Waals surface area contributed by atoms with E-state index < -0.39 is 0 Å². The zero-order chi connectivity index (χ0) is 18.0. The highest BCUT2D eigenvalue weighted by Crippen LogP contribution is 2.11. The third-order valence-electron chi connectivity index (χ3n) is 4.48. The maximum atomic E-state index is 12.4. The van der Waals surface area contributed by atoms with Crippen molar-refractivity contribution in [2.24, 2.45) is 5.73 Å². The minimum atomic E-state index is -0.248. The van der Waals surface area contributed by atoms with Crippen molar-refractivity contribution >= 4 is 11.8 Å². The van der Waals surface area contributed by atoms with Crippen molar-refractivity contribution in [1.82, 2.24) is 4.90 Å². The van der Waals surface area contributed by atoms with Crippen LogP contribution in [0.2, 0.25) is 0 Å². The second-order valence-corrected chi connectivity index (χ2v) is 6.88. The lowest BCUT2D eigenvalue weighted by Crippen LogP contribution is -2.33. The predicted molar refractivity (Wildman–Crippen MR) is 102 cm³/mol. The summed E-state index contributed by atoms with van der Waals surface area (Å²) in [6.45, 7) is 6.04. The lowest BCUT2D eigenvalue weighted by atomic mass is 10.1. The van der Waals surface area contributed by atoms with Gasteiger partial charge in [-0.25, -0.2) is 0 Å². The van der Waals surface area contributed by atoms with Crippen molar-refractivity contribution < 1.29 is 9.59 Å². The Bertz CT molecular complexity index is 319. The number of primary amides is 1. The summed E-state index contributed by atoms with van der Waals surface area (Å²) in [5, 5.41) is 0. The maximum absolute atomic E-state index is 12.4. The van der Waals surface area contributed by atoms with Gasteiger partial charge in [-0.2, -0.15) is 0 Å². The van der Waals surface area contributed by atoms with Crippen molar-refractivity contribution in [1.29, 1.82) is 0 Å². The summed E-state index contributed by atoms with van der Waals surface area (Å²) in [4.78, 5) is 25.2.